The van der Waals surface area contributed by atoms with Crippen LogP contribution in [0.25, 0.3) is 0 Å². The first kappa shape index (κ1) is 13.6. The zero-order valence-corrected chi connectivity index (χ0v) is 12.0. The quantitative estimate of drug-likeness (QED) is 0.844. The lowest BCUT2D eigenvalue weighted by molar-refractivity contribution is 0.252. The van der Waals surface area contributed by atoms with E-state index in [0.717, 1.165) is 17.8 Å². The highest BCUT2D eigenvalue weighted by Crippen LogP contribution is 2.44. The Bertz CT molecular complexity index is 524. The number of nitrogens with zero attached hydrogens (tertiary/aromatic N) is 4. The largest absolute Gasteiger partial charge is 0.261 e. The summed E-state index contributed by atoms with van der Waals surface area (Å²) in [5.41, 5.74) is 1.75. The molecule has 0 saturated heterocycles. The molecule has 0 saturated carbocycles. The van der Waals surface area contributed by atoms with Crippen LogP contribution in [0.4, 0.5) is 0 Å². The molecule has 0 amide bonds. The maximum absolute atomic E-state index is 4.51. The van der Waals surface area contributed by atoms with Gasteiger partial charge in [-0.1, -0.05) is 27.7 Å². The molecule has 0 N–H and O–H groups in total. The highest BCUT2D eigenvalue weighted by Gasteiger charge is 2.44. The number of hydrogen-bond acceptors (Lipinski definition) is 4. The highest BCUT2D eigenvalue weighted by atomic mass is 14.8. The molecule has 2 heterocycles. The normalized spacial score (nSPS) is 14.9. The average Bonchev–Trinajstić information content (AvgIpc) is 2.48. The summed E-state index contributed by atoms with van der Waals surface area (Å²) in [6, 6.07) is 1.98. The first-order valence-electron chi connectivity index (χ1n) is 6.55. The topological polar surface area (TPSA) is 51.6 Å². The number of aromatic nitrogens is 4. The van der Waals surface area contributed by atoms with Crippen molar-refractivity contribution in [2.75, 3.05) is 0 Å². The number of hydrogen-bond donors (Lipinski definition) is 0. The average molecular weight is 256 g/mol. The molecule has 2 rings (SSSR count). The van der Waals surface area contributed by atoms with Gasteiger partial charge >= 0.3 is 0 Å². The first-order valence-corrected chi connectivity index (χ1v) is 6.55. The van der Waals surface area contributed by atoms with E-state index in [1.165, 1.54) is 0 Å². The second-order valence-electron chi connectivity index (χ2n) is 5.50. The fourth-order valence-electron chi connectivity index (χ4n) is 2.47. The molecule has 0 bridgehead atoms. The van der Waals surface area contributed by atoms with Gasteiger partial charge in [-0.2, -0.15) is 0 Å². The van der Waals surface area contributed by atoms with Gasteiger partial charge in [-0.3, -0.25) is 9.97 Å². The Morgan fingerprint density at radius 3 is 2.26 bits per heavy atom. The van der Waals surface area contributed by atoms with Crippen LogP contribution >= 0.6 is 0 Å². The van der Waals surface area contributed by atoms with E-state index in [4.69, 9.17) is 0 Å². The highest BCUT2D eigenvalue weighted by molar-refractivity contribution is 5.27. The van der Waals surface area contributed by atoms with Gasteiger partial charge in [-0.25, -0.2) is 9.97 Å². The summed E-state index contributed by atoms with van der Waals surface area (Å²) in [5.74, 6) is 0. The fraction of sp³-hybridized carbons (Fsp3) is 0.467. The van der Waals surface area contributed by atoms with Crippen molar-refractivity contribution in [1.82, 2.24) is 19.9 Å². The van der Waals surface area contributed by atoms with E-state index >= 15 is 0 Å². The van der Waals surface area contributed by atoms with Gasteiger partial charge in [0.2, 0.25) is 0 Å². The predicted octanol–water partition coefficient (Wildman–Crippen LogP) is 2.91. The summed E-state index contributed by atoms with van der Waals surface area (Å²) in [4.78, 5) is 17.1. The minimum absolute atomic E-state index is 0.129. The molecule has 0 spiro atoms. The van der Waals surface area contributed by atoms with E-state index in [1.807, 2.05) is 12.3 Å². The lowest BCUT2D eigenvalue weighted by atomic mass is 9.61. The molecule has 0 aliphatic carbocycles. The third-order valence-corrected chi connectivity index (χ3v) is 4.44. The van der Waals surface area contributed by atoms with Crippen LogP contribution < -0.4 is 0 Å². The minimum atomic E-state index is -0.152. The van der Waals surface area contributed by atoms with Crippen LogP contribution in [0.15, 0.2) is 37.2 Å². The molecule has 19 heavy (non-hydrogen) atoms. The monoisotopic (exact) mass is 256 g/mol. The van der Waals surface area contributed by atoms with Gasteiger partial charge in [-0.05, 0) is 12.5 Å². The van der Waals surface area contributed by atoms with Gasteiger partial charge in [0.25, 0.3) is 0 Å². The Morgan fingerprint density at radius 1 is 0.947 bits per heavy atom. The van der Waals surface area contributed by atoms with E-state index in [9.17, 15) is 0 Å². The Hall–Kier alpha value is -1.84. The Morgan fingerprint density at radius 2 is 1.74 bits per heavy atom. The SMILES string of the molecule is CCC(C)(c1cnccn1)C(C)(C)c1ccncn1. The lowest BCUT2D eigenvalue weighted by Gasteiger charge is -2.42. The molecule has 1 unspecified atom stereocenters. The zero-order chi connectivity index (χ0) is 13.9. The summed E-state index contributed by atoms with van der Waals surface area (Å²) in [6.45, 7) is 8.80. The second-order valence-corrected chi connectivity index (χ2v) is 5.50. The van der Waals surface area contributed by atoms with Gasteiger partial charge in [-0.15, -0.1) is 0 Å². The van der Waals surface area contributed by atoms with Crippen molar-refractivity contribution in [3.05, 3.63) is 48.6 Å². The van der Waals surface area contributed by atoms with Crippen molar-refractivity contribution in [3.8, 4) is 0 Å². The molecular formula is C15H20N4. The molecule has 0 aromatic carbocycles. The Kier molecular flexibility index (Phi) is 3.60. The van der Waals surface area contributed by atoms with Crippen molar-refractivity contribution in [2.24, 2.45) is 0 Å². The van der Waals surface area contributed by atoms with Gasteiger partial charge < -0.3 is 0 Å². The van der Waals surface area contributed by atoms with E-state index in [1.54, 1.807) is 24.9 Å². The van der Waals surface area contributed by atoms with Crippen LogP contribution in [-0.2, 0) is 10.8 Å². The molecule has 4 heteroatoms. The third-order valence-electron chi connectivity index (χ3n) is 4.44. The smallest absolute Gasteiger partial charge is 0.115 e. The molecule has 2 aromatic heterocycles. The van der Waals surface area contributed by atoms with E-state index in [0.29, 0.717) is 0 Å². The molecule has 1 atom stereocenters. The molecule has 0 aliphatic rings. The van der Waals surface area contributed by atoms with E-state index < -0.39 is 0 Å². The van der Waals surface area contributed by atoms with Crippen molar-refractivity contribution < 1.29 is 0 Å². The summed E-state index contributed by atoms with van der Waals surface area (Å²) in [6.07, 6.45) is 9.66. The molecule has 4 nitrogen and oxygen atoms in total. The maximum Gasteiger partial charge on any atom is 0.115 e. The molecule has 0 aliphatic heterocycles. The first-order chi connectivity index (χ1) is 9.02. The van der Waals surface area contributed by atoms with Gasteiger partial charge in [0, 0.05) is 35.6 Å². The van der Waals surface area contributed by atoms with Crippen LogP contribution in [0.5, 0.6) is 0 Å². The van der Waals surface area contributed by atoms with E-state index in [2.05, 4.69) is 47.6 Å². The van der Waals surface area contributed by atoms with Crippen molar-refractivity contribution >= 4 is 0 Å². The number of rotatable bonds is 4. The zero-order valence-electron chi connectivity index (χ0n) is 12.0. The van der Waals surface area contributed by atoms with Crippen molar-refractivity contribution in [2.45, 2.75) is 44.9 Å². The second kappa shape index (κ2) is 5.03. The lowest BCUT2D eigenvalue weighted by Crippen LogP contribution is -2.43. The van der Waals surface area contributed by atoms with Crippen LogP contribution in [-0.4, -0.2) is 19.9 Å². The minimum Gasteiger partial charge on any atom is -0.261 e. The molecule has 0 fully saturated rings. The summed E-state index contributed by atoms with van der Waals surface area (Å²) in [7, 11) is 0. The van der Waals surface area contributed by atoms with E-state index in [-0.39, 0.29) is 10.8 Å². The summed E-state index contributed by atoms with van der Waals surface area (Å²) < 4.78 is 0. The van der Waals surface area contributed by atoms with Crippen molar-refractivity contribution in [3.63, 3.8) is 0 Å². The van der Waals surface area contributed by atoms with Crippen LogP contribution in [0.3, 0.4) is 0 Å². The van der Waals surface area contributed by atoms with Crippen molar-refractivity contribution in [1.29, 1.82) is 0 Å². The standard InChI is InChI=1S/C15H20N4/c1-5-15(4,13-10-16-8-9-18-13)14(2,3)12-6-7-17-11-19-12/h6-11H,5H2,1-4H3. The Balaban J connectivity index is 2.52. The fourth-order valence-corrected chi connectivity index (χ4v) is 2.47. The van der Waals surface area contributed by atoms with Crippen LogP contribution in [0.1, 0.15) is 45.5 Å². The van der Waals surface area contributed by atoms with Gasteiger partial charge in [0.05, 0.1) is 11.4 Å². The molecule has 0 radical (unpaired) electrons. The van der Waals surface area contributed by atoms with Crippen LogP contribution in [0.2, 0.25) is 0 Å². The van der Waals surface area contributed by atoms with Gasteiger partial charge in [0.15, 0.2) is 0 Å². The predicted molar refractivity (Wildman–Crippen MR) is 74.7 cm³/mol. The maximum atomic E-state index is 4.51. The van der Waals surface area contributed by atoms with Crippen LogP contribution in [0, 0.1) is 0 Å². The Labute approximate surface area is 114 Å². The third kappa shape index (κ3) is 2.23. The molecule has 100 valence electrons. The molecular weight excluding hydrogens is 236 g/mol. The summed E-state index contributed by atoms with van der Waals surface area (Å²) in [5, 5.41) is 0. The van der Waals surface area contributed by atoms with Gasteiger partial charge in [0.1, 0.15) is 6.33 Å². The molecule has 2 aromatic rings. The summed E-state index contributed by atoms with van der Waals surface area (Å²) >= 11 is 0.